The molecule has 5 nitrogen and oxygen atoms in total. The van der Waals surface area contributed by atoms with E-state index in [1.54, 1.807) is 23.5 Å². The molecule has 0 amide bonds. The number of aryl methyl sites for hydroxylation is 3. The Morgan fingerprint density at radius 3 is 2.05 bits per heavy atom. The number of benzene rings is 4. The fraction of sp³-hybridized carbons (Fsp3) is 0.250. The zero-order valence-electron chi connectivity index (χ0n) is 22.5. The molecule has 0 aliphatic heterocycles. The van der Waals surface area contributed by atoms with Crippen LogP contribution in [0.5, 0.6) is 11.5 Å². The second-order valence-corrected chi connectivity index (χ2v) is 11.5. The third-order valence-corrected chi connectivity index (χ3v) is 8.41. The van der Waals surface area contributed by atoms with Crippen LogP contribution >= 0.6 is 0 Å². The summed E-state index contributed by atoms with van der Waals surface area (Å²) < 4.78 is 40.5. The molecule has 38 heavy (non-hydrogen) atoms. The van der Waals surface area contributed by atoms with Crippen molar-refractivity contribution in [3.8, 4) is 11.5 Å². The number of hydrogen-bond donors (Lipinski definition) is 0. The van der Waals surface area contributed by atoms with Crippen LogP contribution in [-0.4, -0.2) is 26.4 Å². The molecular formula is C32H35NO4S. The molecule has 4 aromatic carbocycles. The van der Waals surface area contributed by atoms with Gasteiger partial charge in [-0.05, 0) is 79.3 Å². The zero-order chi connectivity index (χ0) is 27.1. The molecule has 0 aromatic heterocycles. The molecule has 4 aromatic rings. The van der Waals surface area contributed by atoms with Crippen LogP contribution in [0.2, 0.25) is 0 Å². The van der Waals surface area contributed by atoms with Gasteiger partial charge in [-0.15, -0.1) is 0 Å². The van der Waals surface area contributed by atoms with Gasteiger partial charge in [0.2, 0.25) is 10.0 Å². The predicted octanol–water partition coefficient (Wildman–Crippen LogP) is 6.63. The van der Waals surface area contributed by atoms with E-state index in [9.17, 15) is 8.42 Å². The smallest absolute Gasteiger partial charge is 0.243 e. The van der Waals surface area contributed by atoms with Crippen molar-refractivity contribution in [3.05, 3.63) is 124 Å². The third-order valence-electron chi connectivity index (χ3n) is 6.55. The Bertz CT molecular complexity index is 1440. The van der Waals surface area contributed by atoms with E-state index < -0.39 is 10.0 Å². The van der Waals surface area contributed by atoms with Crippen molar-refractivity contribution < 1.29 is 17.9 Å². The van der Waals surface area contributed by atoms with Crippen LogP contribution in [0.25, 0.3) is 0 Å². The molecule has 0 saturated carbocycles. The molecule has 0 fully saturated rings. The molecule has 0 bridgehead atoms. The summed E-state index contributed by atoms with van der Waals surface area (Å²) in [6.07, 6.45) is 0.579. The van der Waals surface area contributed by atoms with E-state index in [2.05, 4.69) is 12.1 Å². The van der Waals surface area contributed by atoms with Gasteiger partial charge in [-0.2, -0.15) is 4.31 Å². The molecule has 0 atom stereocenters. The Morgan fingerprint density at radius 2 is 1.39 bits per heavy atom. The number of methoxy groups -OCH3 is 1. The van der Waals surface area contributed by atoms with E-state index >= 15 is 0 Å². The van der Waals surface area contributed by atoms with E-state index in [1.165, 1.54) is 0 Å². The molecule has 6 heteroatoms. The molecule has 0 saturated heterocycles. The van der Waals surface area contributed by atoms with Gasteiger partial charge in [-0.1, -0.05) is 72.3 Å². The maximum absolute atomic E-state index is 13.7. The Balaban J connectivity index is 1.55. The van der Waals surface area contributed by atoms with Crippen LogP contribution in [-0.2, 0) is 29.6 Å². The Kier molecular flexibility index (Phi) is 8.87. The summed E-state index contributed by atoms with van der Waals surface area (Å²) in [6, 6.07) is 28.8. The Morgan fingerprint density at radius 1 is 0.737 bits per heavy atom. The lowest BCUT2D eigenvalue weighted by atomic mass is 10.0. The number of nitrogens with zero attached hydrogens (tertiary/aromatic N) is 1. The minimum Gasteiger partial charge on any atom is -0.497 e. The first-order valence-electron chi connectivity index (χ1n) is 12.7. The van der Waals surface area contributed by atoms with Crippen molar-refractivity contribution in [2.45, 2.75) is 45.2 Å². The number of rotatable bonds is 11. The van der Waals surface area contributed by atoms with Crippen molar-refractivity contribution >= 4 is 10.0 Å². The van der Waals surface area contributed by atoms with Crippen LogP contribution < -0.4 is 9.47 Å². The van der Waals surface area contributed by atoms with Crippen LogP contribution in [0.4, 0.5) is 0 Å². The monoisotopic (exact) mass is 529 g/mol. The Hall–Kier alpha value is -3.61. The van der Waals surface area contributed by atoms with E-state index in [-0.39, 0.29) is 6.54 Å². The van der Waals surface area contributed by atoms with E-state index in [4.69, 9.17) is 9.47 Å². The van der Waals surface area contributed by atoms with E-state index in [0.717, 1.165) is 39.1 Å². The van der Waals surface area contributed by atoms with Crippen molar-refractivity contribution in [2.24, 2.45) is 0 Å². The number of sulfonamides is 1. The molecule has 4 rings (SSSR count). The first-order chi connectivity index (χ1) is 18.3. The number of ether oxygens (including phenoxy) is 2. The second kappa shape index (κ2) is 12.3. The summed E-state index contributed by atoms with van der Waals surface area (Å²) in [5.41, 5.74) is 6.15. The summed E-state index contributed by atoms with van der Waals surface area (Å²) in [5.74, 6) is 1.57. The van der Waals surface area contributed by atoms with Crippen molar-refractivity contribution in [1.82, 2.24) is 4.31 Å². The largest absolute Gasteiger partial charge is 0.497 e. The van der Waals surface area contributed by atoms with E-state index in [1.807, 2.05) is 87.5 Å². The molecule has 0 radical (unpaired) electrons. The summed E-state index contributed by atoms with van der Waals surface area (Å²) in [4.78, 5) is 0.294. The third kappa shape index (κ3) is 6.82. The first-order valence-corrected chi connectivity index (χ1v) is 14.2. The molecule has 0 N–H and O–H groups in total. The topological polar surface area (TPSA) is 55.8 Å². The van der Waals surface area contributed by atoms with Crippen LogP contribution in [0.15, 0.2) is 95.9 Å². The minimum atomic E-state index is -3.71. The predicted molar refractivity (Wildman–Crippen MR) is 152 cm³/mol. The molecular weight excluding hydrogens is 494 g/mol. The molecule has 0 aliphatic carbocycles. The van der Waals surface area contributed by atoms with Crippen molar-refractivity contribution in [2.75, 3.05) is 13.7 Å². The summed E-state index contributed by atoms with van der Waals surface area (Å²) in [5, 5.41) is 0. The average molecular weight is 530 g/mol. The van der Waals surface area contributed by atoms with Gasteiger partial charge < -0.3 is 9.47 Å². The maximum atomic E-state index is 13.7. The van der Waals surface area contributed by atoms with Crippen molar-refractivity contribution in [3.63, 3.8) is 0 Å². The summed E-state index contributed by atoms with van der Waals surface area (Å²) >= 11 is 0. The first kappa shape index (κ1) is 27.4. The van der Waals surface area contributed by atoms with Gasteiger partial charge in [0.1, 0.15) is 18.1 Å². The summed E-state index contributed by atoms with van der Waals surface area (Å²) in [7, 11) is -2.10. The summed E-state index contributed by atoms with van der Waals surface area (Å²) in [6.45, 7) is 7.12. The lowest BCUT2D eigenvalue weighted by Crippen LogP contribution is -2.32. The highest BCUT2D eigenvalue weighted by molar-refractivity contribution is 7.89. The minimum absolute atomic E-state index is 0.254. The fourth-order valence-corrected chi connectivity index (χ4v) is 5.94. The van der Waals surface area contributed by atoms with Crippen LogP contribution in [0.3, 0.4) is 0 Å². The average Bonchev–Trinajstić information content (AvgIpc) is 2.91. The zero-order valence-corrected chi connectivity index (χ0v) is 23.3. The Labute approximate surface area is 226 Å². The maximum Gasteiger partial charge on any atom is 0.243 e. The lowest BCUT2D eigenvalue weighted by Gasteiger charge is -2.23. The van der Waals surface area contributed by atoms with Crippen molar-refractivity contribution in [1.29, 1.82) is 0 Å². The van der Waals surface area contributed by atoms with Crippen LogP contribution in [0.1, 0.15) is 33.4 Å². The van der Waals surface area contributed by atoms with E-state index in [0.29, 0.717) is 30.2 Å². The molecule has 0 aliphatic rings. The van der Waals surface area contributed by atoms with Gasteiger partial charge in [0.25, 0.3) is 0 Å². The van der Waals surface area contributed by atoms with Gasteiger partial charge in [0.15, 0.2) is 0 Å². The SMILES string of the molecule is COc1cccc(CN(CCc2cc(C)c(OCc3ccccc3)c(C)c2)S(=O)(=O)c2ccc(C)cc2)c1. The highest BCUT2D eigenvalue weighted by atomic mass is 32.2. The molecule has 0 spiro atoms. The number of hydrogen-bond acceptors (Lipinski definition) is 4. The molecule has 0 heterocycles. The van der Waals surface area contributed by atoms with Gasteiger partial charge >= 0.3 is 0 Å². The quantitative estimate of drug-likeness (QED) is 0.219. The lowest BCUT2D eigenvalue weighted by molar-refractivity contribution is 0.302. The van der Waals surface area contributed by atoms with Gasteiger partial charge in [-0.3, -0.25) is 0 Å². The molecule has 0 unspecified atom stereocenters. The second-order valence-electron chi connectivity index (χ2n) is 9.59. The fourth-order valence-electron chi connectivity index (χ4n) is 4.51. The highest BCUT2D eigenvalue weighted by Crippen LogP contribution is 2.27. The molecule has 198 valence electrons. The van der Waals surface area contributed by atoms with Crippen LogP contribution in [0, 0.1) is 20.8 Å². The van der Waals surface area contributed by atoms with Gasteiger partial charge in [0, 0.05) is 13.1 Å². The van der Waals surface area contributed by atoms with Gasteiger partial charge in [-0.25, -0.2) is 8.42 Å². The standard InChI is InChI=1S/C32H35NO4S/c1-24-13-15-31(16-14-24)38(34,35)33(22-29-11-8-12-30(21-29)36-4)18-17-28-19-25(2)32(26(3)20-28)37-23-27-9-6-5-7-10-27/h5-16,19-21H,17-18,22-23H2,1-4H3. The van der Waals surface area contributed by atoms with Gasteiger partial charge in [0.05, 0.1) is 12.0 Å². The normalized spacial score (nSPS) is 11.5. The highest BCUT2D eigenvalue weighted by Gasteiger charge is 2.25.